The van der Waals surface area contributed by atoms with Gasteiger partial charge in [-0.3, -0.25) is 4.98 Å². The van der Waals surface area contributed by atoms with Gasteiger partial charge in [0, 0.05) is 17.3 Å². The quantitative estimate of drug-likeness (QED) is 0.265. The molecule has 2 aromatic heterocycles. The Morgan fingerprint density at radius 2 is 1.64 bits per heavy atom. The molecule has 0 amide bonds. The van der Waals surface area contributed by atoms with E-state index in [0.29, 0.717) is 17.2 Å². The lowest BCUT2D eigenvalue weighted by Gasteiger charge is -2.11. The summed E-state index contributed by atoms with van der Waals surface area (Å²) >= 11 is 1.43. The van der Waals surface area contributed by atoms with Crippen LogP contribution < -0.4 is 0 Å². The van der Waals surface area contributed by atoms with Crippen LogP contribution in [0, 0.1) is 23.3 Å². The van der Waals surface area contributed by atoms with Gasteiger partial charge in [-0.05, 0) is 29.8 Å². The third-order valence-corrected chi connectivity index (χ3v) is 4.60. The van der Waals surface area contributed by atoms with Crippen molar-refractivity contribution >= 4 is 21.6 Å². The second-order valence-corrected chi connectivity index (χ2v) is 6.17. The maximum Gasteiger partial charge on any atom is 0.198 e. The van der Waals surface area contributed by atoms with Crippen LogP contribution in [-0.2, 0) is 0 Å². The first-order valence-corrected chi connectivity index (χ1v) is 8.06. The number of aromatic nitrogens is 2. The van der Waals surface area contributed by atoms with Crippen LogP contribution >= 0.6 is 11.3 Å². The highest BCUT2D eigenvalue weighted by molar-refractivity contribution is 7.16. The van der Waals surface area contributed by atoms with Gasteiger partial charge in [-0.1, -0.05) is 12.1 Å². The van der Waals surface area contributed by atoms with Gasteiger partial charge in [0.25, 0.3) is 0 Å². The highest BCUT2D eigenvalue weighted by Gasteiger charge is 2.22. The topological polar surface area (TPSA) is 25.8 Å². The predicted molar refractivity (Wildman–Crippen MR) is 88.1 cm³/mol. The van der Waals surface area contributed by atoms with E-state index < -0.39 is 28.8 Å². The fourth-order valence-corrected chi connectivity index (χ4v) is 3.34. The molecule has 0 unspecified atom stereocenters. The Morgan fingerprint density at radius 1 is 0.800 bits per heavy atom. The monoisotopic (exact) mass is 360 g/mol. The number of fused-ring (bicyclic) bond motifs is 1. The second-order valence-electron chi connectivity index (χ2n) is 5.28. The van der Waals surface area contributed by atoms with Gasteiger partial charge >= 0.3 is 0 Å². The molecule has 7 heteroatoms. The molecule has 0 aliphatic heterocycles. The average Bonchev–Trinajstić information content (AvgIpc) is 3.11. The van der Waals surface area contributed by atoms with E-state index in [1.54, 1.807) is 29.8 Å². The third-order valence-electron chi connectivity index (χ3n) is 3.81. The molecular weight excluding hydrogens is 352 g/mol. The fraction of sp³-hybridized carbons (Fsp3) is 0. The summed E-state index contributed by atoms with van der Waals surface area (Å²) < 4.78 is 55.5. The Bertz CT molecular complexity index is 1110. The van der Waals surface area contributed by atoms with Crippen LogP contribution in [0.2, 0.25) is 0 Å². The Kier molecular flexibility index (Phi) is 3.73. The van der Waals surface area contributed by atoms with Crippen LogP contribution in [0.4, 0.5) is 17.6 Å². The van der Waals surface area contributed by atoms with Gasteiger partial charge in [-0.15, -0.1) is 11.3 Å². The van der Waals surface area contributed by atoms with Gasteiger partial charge in [0.05, 0.1) is 21.4 Å². The van der Waals surface area contributed by atoms with E-state index in [-0.39, 0.29) is 5.69 Å². The second kappa shape index (κ2) is 5.93. The Morgan fingerprint density at radius 3 is 2.48 bits per heavy atom. The van der Waals surface area contributed by atoms with Crippen molar-refractivity contribution in [1.82, 2.24) is 9.97 Å². The molecule has 0 saturated carbocycles. The van der Waals surface area contributed by atoms with E-state index in [9.17, 15) is 17.6 Å². The van der Waals surface area contributed by atoms with Crippen molar-refractivity contribution in [2.75, 3.05) is 0 Å². The standard InChI is InChI=1S/C18H8F4N2S/c19-12-7-11(15(20)17(22)16(12)21)18-10(2-1-5-23-18)9-3-4-13-14(6-9)25-8-24-13/h1-8H. The number of pyridine rings is 1. The molecule has 2 nitrogen and oxygen atoms in total. The van der Waals surface area contributed by atoms with E-state index in [1.807, 2.05) is 6.07 Å². The highest BCUT2D eigenvalue weighted by Crippen LogP contribution is 2.35. The molecule has 0 aliphatic rings. The lowest BCUT2D eigenvalue weighted by Crippen LogP contribution is -2.00. The molecule has 0 N–H and O–H groups in total. The summed E-state index contributed by atoms with van der Waals surface area (Å²) in [6.45, 7) is 0. The average molecular weight is 360 g/mol. The lowest BCUT2D eigenvalue weighted by molar-refractivity contribution is 0.410. The minimum atomic E-state index is -1.86. The summed E-state index contributed by atoms with van der Waals surface area (Å²) in [6, 6.07) is 9.29. The number of hydrogen-bond acceptors (Lipinski definition) is 3. The van der Waals surface area contributed by atoms with Crippen LogP contribution in [0.15, 0.2) is 48.1 Å². The molecule has 2 aromatic carbocycles. The van der Waals surface area contributed by atoms with Crippen molar-refractivity contribution in [3.05, 3.63) is 71.4 Å². The van der Waals surface area contributed by atoms with Gasteiger partial charge in [0.15, 0.2) is 23.3 Å². The Balaban J connectivity index is 1.96. The molecule has 4 aromatic rings. The zero-order valence-corrected chi connectivity index (χ0v) is 13.2. The van der Waals surface area contributed by atoms with Gasteiger partial charge in [-0.25, -0.2) is 22.5 Å². The SMILES string of the molecule is Fc1cc(-c2ncccc2-c2ccc3ncsc3c2)c(F)c(F)c1F. The zero-order chi connectivity index (χ0) is 17.6. The molecule has 0 bridgehead atoms. The summed E-state index contributed by atoms with van der Waals surface area (Å²) in [7, 11) is 0. The molecule has 0 aliphatic carbocycles. The van der Waals surface area contributed by atoms with Gasteiger partial charge in [0.1, 0.15) is 0 Å². The zero-order valence-electron chi connectivity index (χ0n) is 12.4. The van der Waals surface area contributed by atoms with Gasteiger partial charge in [0.2, 0.25) is 0 Å². The summed E-state index contributed by atoms with van der Waals surface area (Å²) in [5.74, 6) is -6.64. The summed E-state index contributed by atoms with van der Waals surface area (Å²) in [4.78, 5) is 8.24. The molecule has 0 atom stereocenters. The Labute approximate surface area is 143 Å². The van der Waals surface area contributed by atoms with E-state index in [1.165, 1.54) is 17.5 Å². The highest BCUT2D eigenvalue weighted by atomic mass is 32.1. The van der Waals surface area contributed by atoms with Crippen molar-refractivity contribution in [3.63, 3.8) is 0 Å². The maximum atomic E-state index is 14.2. The molecule has 4 rings (SSSR count). The first-order valence-electron chi connectivity index (χ1n) is 7.18. The van der Waals surface area contributed by atoms with E-state index in [2.05, 4.69) is 9.97 Å². The molecular formula is C18H8F4N2S. The van der Waals surface area contributed by atoms with E-state index in [0.717, 1.165) is 10.2 Å². The van der Waals surface area contributed by atoms with Crippen LogP contribution in [0.3, 0.4) is 0 Å². The Hall–Kier alpha value is -2.80. The minimum Gasteiger partial charge on any atom is -0.255 e. The van der Waals surface area contributed by atoms with Gasteiger partial charge in [-0.2, -0.15) is 0 Å². The van der Waals surface area contributed by atoms with Crippen LogP contribution in [0.1, 0.15) is 0 Å². The fourth-order valence-electron chi connectivity index (χ4n) is 2.62. The van der Waals surface area contributed by atoms with E-state index >= 15 is 0 Å². The molecule has 0 fully saturated rings. The number of thiazole rings is 1. The van der Waals surface area contributed by atoms with Crippen molar-refractivity contribution < 1.29 is 17.6 Å². The number of hydrogen-bond donors (Lipinski definition) is 0. The summed E-state index contributed by atoms with van der Waals surface area (Å²) in [6.07, 6.45) is 1.38. The number of nitrogens with zero attached hydrogens (tertiary/aromatic N) is 2. The minimum absolute atomic E-state index is 0.0293. The molecule has 2 heterocycles. The van der Waals surface area contributed by atoms with Crippen molar-refractivity contribution in [2.45, 2.75) is 0 Å². The van der Waals surface area contributed by atoms with Crippen molar-refractivity contribution in [1.29, 1.82) is 0 Å². The molecule has 124 valence electrons. The number of halogens is 4. The van der Waals surface area contributed by atoms with Crippen LogP contribution in [-0.4, -0.2) is 9.97 Å². The largest absolute Gasteiger partial charge is 0.255 e. The predicted octanol–water partition coefficient (Wildman–Crippen LogP) is 5.58. The third kappa shape index (κ3) is 2.56. The maximum absolute atomic E-state index is 14.2. The first kappa shape index (κ1) is 15.7. The van der Waals surface area contributed by atoms with Crippen molar-refractivity contribution in [2.24, 2.45) is 0 Å². The lowest BCUT2D eigenvalue weighted by atomic mass is 9.98. The van der Waals surface area contributed by atoms with E-state index in [4.69, 9.17) is 0 Å². The van der Waals surface area contributed by atoms with Gasteiger partial charge < -0.3 is 0 Å². The normalized spacial score (nSPS) is 11.2. The molecule has 0 saturated heterocycles. The molecule has 0 radical (unpaired) electrons. The number of rotatable bonds is 2. The first-order chi connectivity index (χ1) is 12.1. The smallest absolute Gasteiger partial charge is 0.198 e. The molecule has 0 spiro atoms. The number of benzene rings is 2. The van der Waals surface area contributed by atoms with Crippen LogP contribution in [0.5, 0.6) is 0 Å². The summed E-state index contributed by atoms with van der Waals surface area (Å²) in [5.41, 5.74) is 3.26. The molecule has 25 heavy (non-hydrogen) atoms. The van der Waals surface area contributed by atoms with Crippen LogP contribution in [0.25, 0.3) is 32.6 Å². The van der Waals surface area contributed by atoms with Crippen molar-refractivity contribution in [3.8, 4) is 22.4 Å². The summed E-state index contributed by atoms with van der Waals surface area (Å²) in [5, 5.41) is 0.